The van der Waals surface area contributed by atoms with Gasteiger partial charge in [-0.15, -0.1) is 5.10 Å². The Morgan fingerprint density at radius 1 is 1.41 bits per heavy atom. The van der Waals surface area contributed by atoms with Crippen molar-refractivity contribution in [2.24, 2.45) is 0 Å². The van der Waals surface area contributed by atoms with Crippen molar-refractivity contribution in [3.63, 3.8) is 0 Å². The van der Waals surface area contributed by atoms with Gasteiger partial charge in [0.05, 0.1) is 18.7 Å². The zero-order valence-corrected chi connectivity index (χ0v) is 12.4. The number of carbonyl (C=O) groups is 2. The smallest absolute Gasteiger partial charge is 0.325 e. The van der Waals surface area contributed by atoms with Crippen molar-refractivity contribution in [2.75, 3.05) is 0 Å². The fourth-order valence-electron chi connectivity index (χ4n) is 1.85. The average Bonchev–Trinajstić information content (AvgIpc) is 3.00. The van der Waals surface area contributed by atoms with Gasteiger partial charge in [0, 0.05) is 5.56 Å². The summed E-state index contributed by atoms with van der Waals surface area (Å²) in [5, 5.41) is 26.1. The molecule has 2 N–H and O–H groups in total. The van der Waals surface area contributed by atoms with Crippen LogP contribution in [0, 0.1) is 13.8 Å². The molecule has 0 aromatic carbocycles. The first kappa shape index (κ1) is 15.6. The molecule has 0 aliphatic carbocycles. The molecule has 0 spiro atoms. The van der Waals surface area contributed by atoms with Crippen molar-refractivity contribution in [1.29, 1.82) is 0 Å². The summed E-state index contributed by atoms with van der Waals surface area (Å²) in [5.41, 5.74) is 1.57. The Balaban J connectivity index is 2.07. The molecule has 0 saturated heterocycles. The average molecular weight is 308 g/mol. The van der Waals surface area contributed by atoms with Crippen LogP contribution in [-0.2, 0) is 22.6 Å². The number of hydrogen-bond donors (Lipinski definition) is 2. The van der Waals surface area contributed by atoms with Gasteiger partial charge in [-0.2, -0.15) is 0 Å². The third-order valence-electron chi connectivity index (χ3n) is 3.16. The van der Waals surface area contributed by atoms with Crippen LogP contribution in [-0.4, -0.2) is 48.4 Å². The predicted octanol–water partition coefficient (Wildman–Crippen LogP) is -0.542. The summed E-state index contributed by atoms with van der Waals surface area (Å²) < 4.78 is 6.52. The van der Waals surface area contributed by atoms with Gasteiger partial charge in [0.25, 0.3) is 0 Å². The van der Waals surface area contributed by atoms with Crippen LogP contribution < -0.4 is 5.32 Å². The number of rotatable bonds is 6. The highest BCUT2D eigenvalue weighted by Gasteiger charge is 2.18. The summed E-state index contributed by atoms with van der Waals surface area (Å²) in [4.78, 5) is 22.5. The van der Waals surface area contributed by atoms with E-state index < -0.39 is 17.9 Å². The quantitative estimate of drug-likeness (QED) is 0.726. The third kappa shape index (κ3) is 3.45. The fourth-order valence-corrected chi connectivity index (χ4v) is 1.85. The molecule has 10 heteroatoms. The lowest BCUT2D eigenvalue weighted by Crippen LogP contribution is -2.39. The number of carboxylic acids is 1. The molecule has 118 valence electrons. The van der Waals surface area contributed by atoms with Crippen molar-refractivity contribution < 1.29 is 19.2 Å². The SMILES string of the molecule is Cc1noc(C)c1Cn1nnnc1CC(=O)NC(C)C(=O)O. The molecule has 1 amide bonds. The molecule has 0 fully saturated rings. The molecule has 1 unspecified atom stereocenters. The van der Waals surface area contributed by atoms with E-state index >= 15 is 0 Å². The van der Waals surface area contributed by atoms with Crippen LogP contribution in [0.1, 0.15) is 29.8 Å². The maximum atomic E-state index is 11.8. The summed E-state index contributed by atoms with van der Waals surface area (Å²) in [6.45, 7) is 5.29. The first-order chi connectivity index (χ1) is 10.4. The van der Waals surface area contributed by atoms with Gasteiger partial charge in [0.1, 0.15) is 11.8 Å². The number of carboxylic acid groups (broad SMARTS) is 1. The van der Waals surface area contributed by atoms with Crippen molar-refractivity contribution in [2.45, 2.75) is 39.8 Å². The molecule has 1 atom stereocenters. The summed E-state index contributed by atoms with van der Waals surface area (Å²) in [6.07, 6.45) is -0.117. The molecule has 0 saturated carbocycles. The standard InChI is InChI=1S/C12H16N6O4/c1-6-9(8(3)22-15-6)5-18-10(14-16-17-18)4-11(19)13-7(2)12(20)21/h7H,4-5H2,1-3H3,(H,13,19)(H,20,21). The summed E-state index contributed by atoms with van der Waals surface area (Å²) >= 11 is 0. The van der Waals surface area contributed by atoms with Gasteiger partial charge < -0.3 is 14.9 Å². The number of carbonyl (C=O) groups excluding carboxylic acids is 1. The monoisotopic (exact) mass is 308 g/mol. The van der Waals surface area contributed by atoms with E-state index in [4.69, 9.17) is 9.63 Å². The minimum absolute atomic E-state index is 0.117. The maximum absolute atomic E-state index is 11.8. The fraction of sp³-hybridized carbons (Fsp3) is 0.500. The number of nitrogens with one attached hydrogen (secondary N) is 1. The van der Waals surface area contributed by atoms with Gasteiger partial charge in [-0.25, -0.2) is 4.68 Å². The van der Waals surface area contributed by atoms with Gasteiger partial charge >= 0.3 is 5.97 Å². The molecule has 2 aromatic rings. The second-order valence-corrected chi connectivity index (χ2v) is 4.86. The second-order valence-electron chi connectivity index (χ2n) is 4.86. The Bertz CT molecular complexity index is 672. The van der Waals surface area contributed by atoms with E-state index in [9.17, 15) is 9.59 Å². The van der Waals surface area contributed by atoms with Gasteiger partial charge in [0.2, 0.25) is 5.91 Å². The van der Waals surface area contributed by atoms with Crippen LogP contribution in [0.15, 0.2) is 4.52 Å². The number of tetrazole rings is 1. The molecular weight excluding hydrogens is 292 g/mol. The minimum Gasteiger partial charge on any atom is -0.480 e. The predicted molar refractivity (Wildman–Crippen MR) is 71.8 cm³/mol. The van der Waals surface area contributed by atoms with Gasteiger partial charge in [-0.05, 0) is 31.2 Å². The number of amides is 1. The second kappa shape index (κ2) is 6.33. The largest absolute Gasteiger partial charge is 0.480 e. The van der Waals surface area contributed by atoms with Crippen molar-refractivity contribution in [1.82, 2.24) is 30.7 Å². The van der Waals surface area contributed by atoms with Crippen LogP contribution in [0.5, 0.6) is 0 Å². The summed E-state index contributed by atoms with van der Waals surface area (Å²) in [5.74, 6) is -0.591. The lowest BCUT2D eigenvalue weighted by molar-refractivity contribution is -0.141. The van der Waals surface area contributed by atoms with Gasteiger partial charge in [-0.1, -0.05) is 5.16 Å². The molecule has 22 heavy (non-hydrogen) atoms. The van der Waals surface area contributed by atoms with E-state index in [2.05, 4.69) is 26.0 Å². The van der Waals surface area contributed by atoms with Crippen molar-refractivity contribution in [3.8, 4) is 0 Å². The van der Waals surface area contributed by atoms with E-state index in [1.165, 1.54) is 11.6 Å². The summed E-state index contributed by atoms with van der Waals surface area (Å²) in [7, 11) is 0. The lowest BCUT2D eigenvalue weighted by atomic mass is 10.2. The minimum atomic E-state index is -1.11. The van der Waals surface area contributed by atoms with Crippen LogP contribution >= 0.6 is 0 Å². The number of aryl methyl sites for hydroxylation is 2. The van der Waals surface area contributed by atoms with Crippen molar-refractivity contribution >= 4 is 11.9 Å². The Hall–Kier alpha value is -2.78. The molecular formula is C12H16N6O4. The molecule has 2 aromatic heterocycles. The Kier molecular flexibility index (Phi) is 4.49. The molecule has 0 bridgehead atoms. The van der Waals surface area contributed by atoms with E-state index in [-0.39, 0.29) is 6.42 Å². The van der Waals surface area contributed by atoms with E-state index in [1.807, 2.05) is 0 Å². The van der Waals surface area contributed by atoms with Crippen molar-refractivity contribution in [3.05, 3.63) is 22.8 Å². The van der Waals surface area contributed by atoms with Crippen LogP contribution in [0.3, 0.4) is 0 Å². The zero-order valence-electron chi connectivity index (χ0n) is 12.4. The van der Waals surface area contributed by atoms with E-state index in [0.29, 0.717) is 18.1 Å². The highest BCUT2D eigenvalue weighted by Crippen LogP contribution is 2.13. The highest BCUT2D eigenvalue weighted by molar-refractivity contribution is 5.84. The molecule has 10 nitrogen and oxygen atoms in total. The lowest BCUT2D eigenvalue weighted by Gasteiger charge is -2.09. The van der Waals surface area contributed by atoms with E-state index in [1.54, 1.807) is 13.8 Å². The first-order valence-electron chi connectivity index (χ1n) is 6.57. The van der Waals surface area contributed by atoms with E-state index in [0.717, 1.165) is 11.3 Å². The first-order valence-corrected chi connectivity index (χ1v) is 6.57. The number of nitrogens with zero attached hydrogens (tertiary/aromatic N) is 5. The number of hydrogen-bond acceptors (Lipinski definition) is 7. The normalized spacial score (nSPS) is 12.1. The number of aromatic nitrogens is 5. The van der Waals surface area contributed by atoms with Crippen LogP contribution in [0.2, 0.25) is 0 Å². The Labute approximate surface area is 125 Å². The zero-order chi connectivity index (χ0) is 16.3. The van der Waals surface area contributed by atoms with Crippen LogP contribution in [0.4, 0.5) is 0 Å². The summed E-state index contributed by atoms with van der Waals surface area (Å²) in [6, 6.07) is -0.973. The van der Waals surface area contributed by atoms with Crippen LogP contribution in [0.25, 0.3) is 0 Å². The third-order valence-corrected chi connectivity index (χ3v) is 3.16. The topological polar surface area (TPSA) is 136 Å². The Morgan fingerprint density at radius 3 is 2.73 bits per heavy atom. The molecule has 0 aliphatic rings. The molecule has 0 aliphatic heterocycles. The molecule has 2 heterocycles. The van der Waals surface area contributed by atoms with Gasteiger partial charge in [0.15, 0.2) is 5.82 Å². The maximum Gasteiger partial charge on any atom is 0.325 e. The molecule has 0 radical (unpaired) electrons. The Morgan fingerprint density at radius 2 is 2.14 bits per heavy atom. The molecule has 2 rings (SSSR count). The number of aliphatic carboxylic acids is 1. The highest BCUT2D eigenvalue weighted by atomic mass is 16.5. The van der Waals surface area contributed by atoms with Gasteiger partial charge in [-0.3, -0.25) is 9.59 Å².